The third-order valence-corrected chi connectivity index (χ3v) is 4.45. The van der Waals surface area contributed by atoms with E-state index in [0.29, 0.717) is 10.6 Å². The molecule has 0 radical (unpaired) electrons. The van der Waals surface area contributed by atoms with Gasteiger partial charge in [-0.2, -0.15) is 5.10 Å². The number of hydrazone groups is 1. The lowest BCUT2D eigenvalue weighted by Crippen LogP contribution is -2.19. The highest BCUT2D eigenvalue weighted by Gasteiger charge is 2.38. The van der Waals surface area contributed by atoms with E-state index in [9.17, 15) is 4.79 Å². The molecule has 0 aliphatic heterocycles. The first kappa shape index (κ1) is 12.0. The van der Waals surface area contributed by atoms with Gasteiger partial charge in [-0.15, -0.1) is 0 Å². The summed E-state index contributed by atoms with van der Waals surface area (Å²) in [4.78, 5) is 11.7. The molecule has 4 nitrogen and oxygen atoms in total. The summed E-state index contributed by atoms with van der Waals surface area (Å²) in [6.45, 7) is 0. The van der Waals surface area contributed by atoms with Crippen LogP contribution in [0.4, 0.5) is 0 Å². The van der Waals surface area contributed by atoms with E-state index < -0.39 is 0 Å². The summed E-state index contributed by atoms with van der Waals surface area (Å²) in [5, 5.41) is 4.06. The van der Waals surface area contributed by atoms with Crippen molar-refractivity contribution in [3.05, 3.63) is 22.6 Å². The summed E-state index contributed by atoms with van der Waals surface area (Å²) in [5.41, 5.74) is 2.51. The SMILES string of the molecule is O=C(N/N=C\[C@H]1C[C@H]2CC[C@@H]1C2)c1ccc(Br)o1. The summed E-state index contributed by atoms with van der Waals surface area (Å²) < 4.78 is 5.69. The second-order valence-electron chi connectivity index (χ2n) is 5.16. The highest BCUT2D eigenvalue weighted by atomic mass is 79.9. The molecule has 2 bridgehead atoms. The second kappa shape index (κ2) is 4.88. The highest BCUT2D eigenvalue weighted by molar-refractivity contribution is 9.10. The van der Waals surface area contributed by atoms with E-state index in [2.05, 4.69) is 26.5 Å². The van der Waals surface area contributed by atoms with Crippen LogP contribution in [0.3, 0.4) is 0 Å². The molecule has 0 unspecified atom stereocenters. The number of hydrogen-bond acceptors (Lipinski definition) is 3. The highest BCUT2D eigenvalue weighted by Crippen LogP contribution is 2.47. The predicted molar refractivity (Wildman–Crippen MR) is 71.3 cm³/mol. The zero-order valence-electron chi connectivity index (χ0n) is 9.93. The van der Waals surface area contributed by atoms with E-state index in [1.165, 1.54) is 25.7 Å². The Morgan fingerprint density at radius 2 is 2.33 bits per heavy atom. The minimum atomic E-state index is -0.305. The number of furan rings is 1. The zero-order valence-corrected chi connectivity index (χ0v) is 11.5. The number of fused-ring (bicyclic) bond motifs is 2. The van der Waals surface area contributed by atoms with Crippen molar-refractivity contribution in [2.75, 3.05) is 0 Å². The molecule has 18 heavy (non-hydrogen) atoms. The van der Waals surface area contributed by atoms with Gasteiger partial charge >= 0.3 is 5.91 Å². The van der Waals surface area contributed by atoms with Crippen LogP contribution in [-0.4, -0.2) is 12.1 Å². The molecule has 3 atom stereocenters. The van der Waals surface area contributed by atoms with Crippen LogP contribution in [0.25, 0.3) is 0 Å². The van der Waals surface area contributed by atoms with Gasteiger partial charge in [0.15, 0.2) is 10.4 Å². The lowest BCUT2D eigenvalue weighted by molar-refractivity contribution is 0.0926. The number of halogens is 1. The summed E-state index contributed by atoms with van der Waals surface area (Å²) in [7, 11) is 0. The van der Waals surface area contributed by atoms with Gasteiger partial charge in [0.1, 0.15) is 0 Å². The number of carbonyl (C=O) groups excluding carboxylic acids is 1. The lowest BCUT2D eigenvalue weighted by Gasteiger charge is -2.16. The number of nitrogens with one attached hydrogen (secondary N) is 1. The van der Waals surface area contributed by atoms with Gasteiger partial charge in [0.25, 0.3) is 0 Å². The van der Waals surface area contributed by atoms with Gasteiger partial charge in [-0.1, -0.05) is 6.42 Å². The molecule has 2 fully saturated rings. The van der Waals surface area contributed by atoms with Gasteiger partial charge in [-0.3, -0.25) is 4.79 Å². The molecule has 2 saturated carbocycles. The van der Waals surface area contributed by atoms with Gasteiger partial charge < -0.3 is 4.42 Å². The van der Waals surface area contributed by atoms with Crippen LogP contribution in [0, 0.1) is 17.8 Å². The molecule has 1 N–H and O–H groups in total. The maximum atomic E-state index is 11.7. The fourth-order valence-electron chi connectivity index (χ4n) is 3.16. The average molecular weight is 311 g/mol. The minimum absolute atomic E-state index is 0.270. The van der Waals surface area contributed by atoms with Gasteiger partial charge in [0.05, 0.1) is 0 Å². The minimum Gasteiger partial charge on any atom is -0.444 e. The van der Waals surface area contributed by atoms with Crippen molar-refractivity contribution < 1.29 is 9.21 Å². The fraction of sp³-hybridized carbons (Fsp3) is 0.538. The third-order valence-electron chi connectivity index (χ3n) is 4.02. The van der Waals surface area contributed by atoms with Gasteiger partial charge in [0, 0.05) is 6.21 Å². The van der Waals surface area contributed by atoms with Crippen LogP contribution in [0.15, 0.2) is 26.3 Å². The van der Waals surface area contributed by atoms with Crippen molar-refractivity contribution in [3.63, 3.8) is 0 Å². The Kier molecular flexibility index (Phi) is 3.24. The lowest BCUT2D eigenvalue weighted by atomic mass is 9.90. The Morgan fingerprint density at radius 3 is 2.94 bits per heavy atom. The van der Waals surface area contributed by atoms with E-state index in [1.807, 2.05) is 6.21 Å². The van der Waals surface area contributed by atoms with Gasteiger partial charge in [-0.05, 0) is 65.1 Å². The van der Waals surface area contributed by atoms with Crippen LogP contribution >= 0.6 is 15.9 Å². The largest absolute Gasteiger partial charge is 0.444 e. The molecular formula is C13H15BrN2O2. The van der Waals surface area contributed by atoms with Crippen LogP contribution in [0.2, 0.25) is 0 Å². The van der Waals surface area contributed by atoms with Gasteiger partial charge in [0.2, 0.25) is 0 Å². The van der Waals surface area contributed by atoms with E-state index in [1.54, 1.807) is 12.1 Å². The molecule has 0 aromatic carbocycles. The van der Waals surface area contributed by atoms with Crippen LogP contribution in [-0.2, 0) is 0 Å². The van der Waals surface area contributed by atoms with E-state index >= 15 is 0 Å². The van der Waals surface area contributed by atoms with Crippen molar-refractivity contribution in [1.29, 1.82) is 0 Å². The predicted octanol–water partition coefficient (Wildman–Crippen LogP) is 3.19. The number of rotatable bonds is 3. The molecule has 3 rings (SSSR count). The van der Waals surface area contributed by atoms with Crippen LogP contribution < -0.4 is 5.43 Å². The number of hydrogen-bond donors (Lipinski definition) is 1. The normalized spacial score (nSPS) is 30.2. The van der Waals surface area contributed by atoms with E-state index in [4.69, 9.17) is 4.42 Å². The molecular weight excluding hydrogens is 296 g/mol. The zero-order chi connectivity index (χ0) is 12.5. The quantitative estimate of drug-likeness (QED) is 0.688. The molecule has 0 spiro atoms. The molecule has 2 aliphatic rings. The summed E-state index contributed by atoms with van der Waals surface area (Å²) in [5.74, 6) is 2.19. The average Bonchev–Trinajstić information content (AvgIpc) is 3.04. The van der Waals surface area contributed by atoms with Gasteiger partial charge in [-0.25, -0.2) is 5.43 Å². The van der Waals surface area contributed by atoms with Crippen LogP contribution in [0.1, 0.15) is 36.2 Å². The van der Waals surface area contributed by atoms with E-state index in [0.717, 1.165) is 11.8 Å². The Bertz CT molecular complexity index is 483. The maximum absolute atomic E-state index is 11.7. The molecule has 96 valence electrons. The second-order valence-corrected chi connectivity index (χ2v) is 5.94. The standard InChI is InChI=1S/C13H15BrN2O2/c14-12-4-3-11(18-12)13(17)16-15-7-10-6-8-1-2-9(10)5-8/h3-4,7-10H,1-2,5-6H2,(H,16,17)/b15-7-/t8-,9+,10+/m0/s1. The summed E-state index contributed by atoms with van der Waals surface area (Å²) in [6.07, 6.45) is 7.17. The molecule has 2 aliphatic carbocycles. The molecule has 5 heteroatoms. The van der Waals surface area contributed by atoms with E-state index in [-0.39, 0.29) is 11.7 Å². The fourth-order valence-corrected chi connectivity index (χ4v) is 3.47. The Balaban J connectivity index is 1.53. The number of carbonyl (C=O) groups is 1. The number of amides is 1. The Labute approximate surface area is 114 Å². The monoisotopic (exact) mass is 310 g/mol. The van der Waals surface area contributed by atoms with Crippen molar-refractivity contribution in [2.24, 2.45) is 22.9 Å². The van der Waals surface area contributed by atoms with Crippen molar-refractivity contribution in [2.45, 2.75) is 25.7 Å². The molecule has 0 saturated heterocycles. The first-order valence-electron chi connectivity index (χ1n) is 6.31. The Morgan fingerprint density at radius 1 is 1.44 bits per heavy atom. The number of nitrogens with zero attached hydrogens (tertiary/aromatic N) is 1. The van der Waals surface area contributed by atoms with Crippen molar-refractivity contribution in [3.8, 4) is 0 Å². The first-order valence-corrected chi connectivity index (χ1v) is 7.10. The van der Waals surface area contributed by atoms with Crippen molar-refractivity contribution in [1.82, 2.24) is 5.43 Å². The molecule has 1 aromatic heterocycles. The smallest absolute Gasteiger partial charge is 0.307 e. The molecule has 1 heterocycles. The molecule has 1 aromatic rings. The summed E-state index contributed by atoms with van der Waals surface area (Å²) in [6, 6.07) is 3.31. The summed E-state index contributed by atoms with van der Waals surface area (Å²) >= 11 is 3.16. The third kappa shape index (κ3) is 2.36. The molecule has 1 amide bonds. The van der Waals surface area contributed by atoms with Crippen LogP contribution in [0.5, 0.6) is 0 Å². The Hall–Kier alpha value is -1.10. The maximum Gasteiger partial charge on any atom is 0.307 e. The first-order chi connectivity index (χ1) is 8.72. The topological polar surface area (TPSA) is 54.6 Å². The van der Waals surface area contributed by atoms with Crippen molar-refractivity contribution >= 4 is 28.1 Å².